The number of nitrogens with zero attached hydrogens (tertiary/aromatic N) is 1. The Morgan fingerprint density at radius 3 is 2.33 bits per heavy atom. The summed E-state index contributed by atoms with van der Waals surface area (Å²) in [5, 5.41) is 0. The summed E-state index contributed by atoms with van der Waals surface area (Å²) in [5.74, 6) is 0. The van der Waals surface area contributed by atoms with Crippen molar-refractivity contribution < 1.29 is 4.74 Å². The van der Waals surface area contributed by atoms with E-state index in [9.17, 15) is 0 Å². The van der Waals surface area contributed by atoms with E-state index < -0.39 is 0 Å². The molecule has 90 valence electrons. The van der Waals surface area contributed by atoms with Crippen molar-refractivity contribution in [3.05, 3.63) is 0 Å². The Bertz CT molecular complexity index is 192. The summed E-state index contributed by atoms with van der Waals surface area (Å²) >= 11 is 0. The van der Waals surface area contributed by atoms with Crippen molar-refractivity contribution in [2.24, 2.45) is 11.1 Å². The molecule has 0 spiro atoms. The molecule has 3 nitrogen and oxygen atoms in total. The van der Waals surface area contributed by atoms with Crippen molar-refractivity contribution in [2.75, 3.05) is 20.3 Å². The maximum Gasteiger partial charge on any atom is 0.0622 e. The van der Waals surface area contributed by atoms with Crippen molar-refractivity contribution in [3.63, 3.8) is 0 Å². The number of hydrogen-bond acceptors (Lipinski definition) is 3. The second-order valence-electron chi connectivity index (χ2n) is 5.85. The summed E-state index contributed by atoms with van der Waals surface area (Å²) in [6.07, 6.45) is 1.13. The molecule has 0 radical (unpaired) electrons. The predicted molar refractivity (Wildman–Crippen MR) is 63.9 cm³/mol. The Balaban J connectivity index is 2.70. The first-order valence-electron chi connectivity index (χ1n) is 5.89. The largest absolute Gasteiger partial charge is 0.380 e. The van der Waals surface area contributed by atoms with E-state index in [2.05, 4.69) is 39.6 Å². The van der Waals surface area contributed by atoms with Crippen LogP contribution < -0.4 is 5.73 Å². The molecule has 1 saturated heterocycles. The van der Waals surface area contributed by atoms with Gasteiger partial charge in [-0.3, -0.25) is 4.90 Å². The number of rotatable bonds is 3. The number of nitrogens with two attached hydrogens (primary N) is 1. The standard InChI is InChI=1S/C12H26N2O/c1-9(13)11(12(2,3)4)14(5)10-6-7-15-8-10/h9-11H,6-8,13H2,1-5H3. The van der Waals surface area contributed by atoms with E-state index in [1.54, 1.807) is 0 Å². The number of hydrogen-bond donors (Lipinski definition) is 1. The Morgan fingerprint density at radius 2 is 2.00 bits per heavy atom. The van der Waals surface area contributed by atoms with Gasteiger partial charge in [0.25, 0.3) is 0 Å². The van der Waals surface area contributed by atoms with Gasteiger partial charge >= 0.3 is 0 Å². The third-order valence-corrected chi connectivity index (χ3v) is 3.31. The minimum absolute atomic E-state index is 0.190. The monoisotopic (exact) mass is 214 g/mol. The van der Waals surface area contributed by atoms with Crippen molar-refractivity contribution in [2.45, 2.75) is 52.2 Å². The maximum absolute atomic E-state index is 6.11. The van der Waals surface area contributed by atoms with Crippen LogP contribution in [0.2, 0.25) is 0 Å². The van der Waals surface area contributed by atoms with Crippen molar-refractivity contribution in [1.29, 1.82) is 0 Å². The molecule has 0 bridgehead atoms. The van der Waals surface area contributed by atoms with Gasteiger partial charge in [-0.2, -0.15) is 0 Å². The Morgan fingerprint density at radius 1 is 1.40 bits per heavy atom. The van der Waals surface area contributed by atoms with Crippen LogP contribution in [0, 0.1) is 5.41 Å². The summed E-state index contributed by atoms with van der Waals surface area (Å²) in [6, 6.07) is 1.14. The quantitative estimate of drug-likeness (QED) is 0.773. The molecule has 1 fully saturated rings. The summed E-state index contributed by atoms with van der Waals surface area (Å²) in [7, 11) is 2.18. The minimum Gasteiger partial charge on any atom is -0.380 e. The fourth-order valence-electron chi connectivity index (χ4n) is 2.84. The molecule has 0 aromatic carbocycles. The van der Waals surface area contributed by atoms with Gasteiger partial charge in [0.2, 0.25) is 0 Å². The van der Waals surface area contributed by atoms with Crippen LogP contribution in [-0.4, -0.2) is 43.3 Å². The van der Waals surface area contributed by atoms with Gasteiger partial charge in [-0.05, 0) is 25.8 Å². The third kappa shape index (κ3) is 3.16. The van der Waals surface area contributed by atoms with Crippen molar-refractivity contribution in [3.8, 4) is 0 Å². The smallest absolute Gasteiger partial charge is 0.0622 e. The van der Waals surface area contributed by atoms with E-state index in [4.69, 9.17) is 10.5 Å². The van der Waals surface area contributed by atoms with Gasteiger partial charge in [0.05, 0.1) is 6.61 Å². The molecule has 1 aliphatic heterocycles. The van der Waals surface area contributed by atoms with Gasteiger partial charge in [0, 0.05) is 24.7 Å². The zero-order chi connectivity index (χ0) is 11.6. The summed E-state index contributed by atoms with van der Waals surface area (Å²) in [6.45, 7) is 10.6. The van der Waals surface area contributed by atoms with Crippen LogP contribution >= 0.6 is 0 Å². The first-order valence-corrected chi connectivity index (χ1v) is 5.89. The van der Waals surface area contributed by atoms with E-state index >= 15 is 0 Å². The molecule has 0 aromatic rings. The average Bonchev–Trinajstić information content (AvgIpc) is 2.51. The van der Waals surface area contributed by atoms with E-state index in [0.717, 1.165) is 19.6 Å². The molecule has 1 rings (SSSR count). The van der Waals surface area contributed by atoms with Crippen molar-refractivity contribution >= 4 is 0 Å². The van der Waals surface area contributed by atoms with Crippen LogP contribution in [0.25, 0.3) is 0 Å². The lowest BCUT2D eigenvalue weighted by molar-refractivity contribution is 0.0604. The molecule has 1 heterocycles. The van der Waals surface area contributed by atoms with E-state index in [1.165, 1.54) is 0 Å². The first-order chi connectivity index (χ1) is 6.84. The molecule has 0 saturated carbocycles. The molecule has 1 aliphatic rings. The molecule has 0 aliphatic carbocycles. The summed E-state index contributed by atoms with van der Waals surface area (Å²) in [5.41, 5.74) is 6.32. The lowest BCUT2D eigenvalue weighted by atomic mass is 9.81. The van der Waals surface area contributed by atoms with Gasteiger partial charge in [-0.1, -0.05) is 20.8 Å². The lowest BCUT2D eigenvalue weighted by Crippen LogP contribution is -2.55. The summed E-state index contributed by atoms with van der Waals surface area (Å²) < 4.78 is 5.44. The zero-order valence-electron chi connectivity index (χ0n) is 10.8. The molecule has 0 aromatic heterocycles. The Labute approximate surface area is 94.0 Å². The van der Waals surface area contributed by atoms with Gasteiger partial charge in [0.15, 0.2) is 0 Å². The molecule has 0 amide bonds. The average molecular weight is 214 g/mol. The number of ether oxygens (including phenoxy) is 1. The highest BCUT2D eigenvalue weighted by atomic mass is 16.5. The molecular formula is C12H26N2O. The van der Waals surface area contributed by atoms with Gasteiger partial charge in [0.1, 0.15) is 0 Å². The van der Waals surface area contributed by atoms with Crippen LogP contribution in [0.1, 0.15) is 34.1 Å². The summed E-state index contributed by atoms with van der Waals surface area (Å²) in [4.78, 5) is 2.41. The van der Waals surface area contributed by atoms with Gasteiger partial charge in [-0.15, -0.1) is 0 Å². The fraction of sp³-hybridized carbons (Fsp3) is 1.00. The fourth-order valence-corrected chi connectivity index (χ4v) is 2.84. The van der Waals surface area contributed by atoms with Crippen LogP contribution in [-0.2, 0) is 4.74 Å². The molecule has 15 heavy (non-hydrogen) atoms. The van der Waals surface area contributed by atoms with Crippen LogP contribution in [0.15, 0.2) is 0 Å². The van der Waals surface area contributed by atoms with E-state index in [-0.39, 0.29) is 11.5 Å². The van der Waals surface area contributed by atoms with Crippen LogP contribution in [0.4, 0.5) is 0 Å². The molecular weight excluding hydrogens is 188 g/mol. The van der Waals surface area contributed by atoms with Crippen LogP contribution in [0.5, 0.6) is 0 Å². The lowest BCUT2D eigenvalue weighted by Gasteiger charge is -2.43. The van der Waals surface area contributed by atoms with Gasteiger partial charge in [-0.25, -0.2) is 0 Å². The molecule has 2 N–H and O–H groups in total. The highest BCUT2D eigenvalue weighted by molar-refractivity contribution is 4.91. The normalized spacial score (nSPS) is 27.0. The second-order valence-corrected chi connectivity index (χ2v) is 5.85. The molecule has 3 heteroatoms. The maximum atomic E-state index is 6.11. The number of likely N-dealkylation sites (N-methyl/N-ethyl adjacent to an activating group) is 1. The Kier molecular flexibility index (Phi) is 4.15. The van der Waals surface area contributed by atoms with E-state index in [1.807, 2.05) is 0 Å². The molecule has 3 unspecified atom stereocenters. The second kappa shape index (κ2) is 4.81. The third-order valence-electron chi connectivity index (χ3n) is 3.31. The first kappa shape index (κ1) is 12.9. The highest BCUT2D eigenvalue weighted by Gasteiger charge is 2.35. The SMILES string of the molecule is CC(N)C(N(C)C1CCOC1)C(C)(C)C. The van der Waals surface area contributed by atoms with Crippen LogP contribution in [0.3, 0.4) is 0 Å². The zero-order valence-corrected chi connectivity index (χ0v) is 10.8. The topological polar surface area (TPSA) is 38.5 Å². The van der Waals surface area contributed by atoms with Crippen molar-refractivity contribution in [1.82, 2.24) is 4.90 Å². The molecule has 3 atom stereocenters. The minimum atomic E-state index is 0.190. The predicted octanol–water partition coefficient (Wildman–Crippen LogP) is 1.47. The Hall–Kier alpha value is -0.120. The van der Waals surface area contributed by atoms with Gasteiger partial charge < -0.3 is 10.5 Å². The highest BCUT2D eigenvalue weighted by Crippen LogP contribution is 2.28. The van der Waals surface area contributed by atoms with E-state index in [0.29, 0.717) is 12.1 Å².